The SMILES string of the molecule is C/C=C/C=C/C(=O)OOC(=O)/C=C/C=C/C.[H-].[H-].[K+].[K+]. The molecule has 4 nitrogen and oxygen atoms in total. The van der Waals surface area contributed by atoms with Crippen LogP contribution in [-0.4, -0.2) is 11.9 Å². The van der Waals surface area contributed by atoms with E-state index >= 15 is 0 Å². The third-order valence-corrected chi connectivity index (χ3v) is 1.28. The van der Waals surface area contributed by atoms with Gasteiger partial charge in [-0.1, -0.05) is 36.5 Å². The summed E-state index contributed by atoms with van der Waals surface area (Å²) in [7, 11) is 0. The Labute approximate surface area is 195 Å². The Hall–Kier alpha value is 1.17. The Balaban J connectivity index is -0.000000187. The van der Waals surface area contributed by atoms with Crippen molar-refractivity contribution < 1.29 is 125 Å². The zero-order valence-corrected chi connectivity index (χ0v) is 17.5. The van der Waals surface area contributed by atoms with E-state index in [1.807, 2.05) is 13.8 Å². The first-order valence-corrected chi connectivity index (χ1v) is 4.72. The van der Waals surface area contributed by atoms with Crippen LogP contribution in [0, 0.1) is 0 Å². The standard InChI is InChI=1S/C12H14O4.2K.2H/c1-3-5-7-9-11(13)15-16-12(14)10-8-6-4-2;;;;/h3-10H,1-2H3;;;;/q;2*+1;2*-1/b5-3+,6-4+,9-7+,10-8+;;;;. The zero-order chi connectivity index (χ0) is 12.2. The molecule has 0 bridgehead atoms. The van der Waals surface area contributed by atoms with E-state index in [1.54, 1.807) is 24.3 Å². The second-order valence-electron chi connectivity index (χ2n) is 2.57. The third kappa shape index (κ3) is 17.2. The van der Waals surface area contributed by atoms with Crippen molar-refractivity contribution in [2.24, 2.45) is 0 Å². The Kier molecular flexibility index (Phi) is 24.4. The number of carbonyl (C=O) groups excluding carboxylic acids is 2. The molecule has 0 N–H and O–H groups in total. The molecule has 18 heavy (non-hydrogen) atoms. The monoisotopic (exact) mass is 302 g/mol. The van der Waals surface area contributed by atoms with Crippen molar-refractivity contribution in [2.75, 3.05) is 0 Å². The molecule has 0 unspecified atom stereocenters. The molecular formula is C12H16K2O4. The van der Waals surface area contributed by atoms with E-state index in [9.17, 15) is 9.59 Å². The van der Waals surface area contributed by atoms with Crippen molar-refractivity contribution in [2.45, 2.75) is 13.8 Å². The molecule has 0 amide bonds. The van der Waals surface area contributed by atoms with Gasteiger partial charge in [0, 0.05) is 12.2 Å². The molecule has 0 radical (unpaired) electrons. The average Bonchev–Trinajstić information content (AvgIpc) is 2.27. The molecule has 0 heterocycles. The molecule has 0 rings (SSSR count). The Bertz CT molecular complexity index is 319. The first kappa shape index (κ1) is 24.2. The maximum atomic E-state index is 10.9. The van der Waals surface area contributed by atoms with Gasteiger partial charge < -0.3 is 2.85 Å². The minimum Gasteiger partial charge on any atom is -1.00 e. The molecule has 0 saturated carbocycles. The predicted octanol–water partition coefficient (Wildman–Crippen LogP) is -3.51. The normalized spacial score (nSPS) is 10.6. The second kappa shape index (κ2) is 18.2. The topological polar surface area (TPSA) is 52.6 Å². The molecule has 0 aliphatic rings. The number of hydrogen-bond donors (Lipinski definition) is 0. The molecule has 0 spiro atoms. The van der Waals surface area contributed by atoms with Crippen LogP contribution in [0.4, 0.5) is 0 Å². The molecule has 0 aromatic heterocycles. The van der Waals surface area contributed by atoms with Crippen LogP contribution >= 0.6 is 0 Å². The fourth-order valence-corrected chi connectivity index (χ4v) is 0.628. The van der Waals surface area contributed by atoms with Gasteiger partial charge in [-0.25, -0.2) is 19.4 Å². The van der Waals surface area contributed by atoms with E-state index in [4.69, 9.17) is 0 Å². The molecule has 0 saturated heterocycles. The Morgan fingerprint density at radius 2 is 1.11 bits per heavy atom. The number of hydrogen-bond acceptors (Lipinski definition) is 4. The van der Waals surface area contributed by atoms with Gasteiger partial charge in [0.2, 0.25) is 0 Å². The second-order valence-corrected chi connectivity index (χ2v) is 2.57. The minimum absolute atomic E-state index is 0. The summed E-state index contributed by atoms with van der Waals surface area (Å²) >= 11 is 0. The van der Waals surface area contributed by atoms with Gasteiger partial charge in [0.25, 0.3) is 0 Å². The van der Waals surface area contributed by atoms with Crippen LogP contribution in [0.15, 0.2) is 48.6 Å². The molecule has 90 valence electrons. The van der Waals surface area contributed by atoms with Gasteiger partial charge in [-0.15, -0.1) is 0 Å². The summed E-state index contributed by atoms with van der Waals surface area (Å²) in [6.07, 6.45) is 12.0. The summed E-state index contributed by atoms with van der Waals surface area (Å²) in [6.45, 7) is 3.61. The van der Waals surface area contributed by atoms with Crippen molar-refractivity contribution in [1.29, 1.82) is 0 Å². The number of allylic oxidation sites excluding steroid dienone is 6. The van der Waals surface area contributed by atoms with Crippen molar-refractivity contribution in [3.63, 3.8) is 0 Å². The third-order valence-electron chi connectivity index (χ3n) is 1.28. The van der Waals surface area contributed by atoms with Crippen LogP contribution in [0.1, 0.15) is 16.7 Å². The average molecular weight is 302 g/mol. The Morgan fingerprint density at radius 1 is 0.778 bits per heavy atom. The molecule has 0 aliphatic carbocycles. The fourth-order valence-electron chi connectivity index (χ4n) is 0.628. The summed E-state index contributed by atoms with van der Waals surface area (Å²) in [5, 5.41) is 0. The van der Waals surface area contributed by atoms with Gasteiger partial charge in [-0.3, -0.25) is 0 Å². The predicted molar refractivity (Wildman–Crippen MR) is 62.3 cm³/mol. The van der Waals surface area contributed by atoms with Gasteiger partial charge in [-0.2, -0.15) is 0 Å². The van der Waals surface area contributed by atoms with Crippen LogP contribution in [0.25, 0.3) is 0 Å². The van der Waals surface area contributed by atoms with Crippen LogP contribution in [-0.2, 0) is 19.4 Å². The van der Waals surface area contributed by atoms with E-state index in [2.05, 4.69) is 9.78 Å². The van der Waals surface area contributed by atoms with Crippen molar-refractivity contribution >= 4 is 11.9 Å². The summed E-state index contributed by atoms with van der Waals surface area (Å²) in [6, 6.07) is 0. The van der Waals surface area contributed by atoms with Crippen molar-refractivity contribution in [3.05, 3.63) is 48.6 Å². The van der Waals surface area contributed by atoms with Crippen molar-refractivity contribution in [1.82, 2.24) is 0 Å². The number of carbonyl (C=O) groups is 2. The molecular weight excluding hydrogens is 286 g/mol. The van der Waals surface area contributed by atoms with E-state index < -0.39 is 11.9 Å². The van der Waals surface area contributed by atoms with Gasteiger partial charge >= 0.3 is 115 Å². The number of rotatable bonds is 4. The summed E-state index contributed by atoms with van der Waals surface area (Å²) in [5.41, 5.74) is 0. The molecule has 0 fully saturated rings. The largest absolute Gasteiger partial charge is 1.00 e. The van der Waals surface area contributed by atoms with Gasteiger partial charge in [0.1, 0.15) is 0 Å². The van der Waals surface area contributed by atoms with Gasteiger partial charge in [0.05, 0.1) is 0 Å². The van der Waals surface area contributed by atoms with Gasteiger partial charge in [-0.05, 0) is 13.8 Å². The zero-order valence-electron chi connectivity index (χ0n) is 13.3. The van der Waals surface area contributed by atoms with Crippen LogP contribution < -0.4 is 103 Å². The van der Waals surface area contributed by atoms with E-state index in [0.717, 1.165) is 12.2 Å². The van der Waals surface area contributed by atoms with Crippen LogP contribution in [0.3, 0.4) is 0 Å². The van der Waals surface area contributed by atoms with E-state index in [-0.39, 0.29) is 106 Å². The molecule has 6 heteroatoms. The van der Waals surface area contributed by atoms with Crippen LogP contribution in [0.5, 0.6) is 0 Å². The quantitative estimate of drug-likeness (QED) is 0.178. The van der Waals surface area contributed by atoms with Crippen molar-refractivity contribution in [3.8, 4) is 0 Å². The summed E-state index contributed by atoms with van der Waals surface area (Å²) in [4.78, 5) is 30.2. The molecule has 0 atom stereocenters. The van der Waals surface area contributed by atoms with E-state index in [0.29, 0.717) is 0 Å². The maximum absolute atomic E-state index is 10.9. The Morgan fingerprint density at radius 3 is 1.39 bits per heavy atom. The first-order valence-electron chi connectivity index (χ1n) is 4.72. The fraction of sp³-hybridized carbons (Fsp3) is 0.167. The maximum Gasteiger partial charge on any atom is 1.00 e. The summed E-state index contributed by atoms with van der Waals surface area (Å²) < 4.78 is 0. The molecule has 0 aromatic rings. The molecule has 0 aliphatic heterocycles. The first-order chi connectivity index (χ1) is 7.70. The smallest absolute Gasteiger partial charge is 1.00 e. The minimum atomic E-state index is -0.745. The summed E-state index contributed by atoms with van der Waals surface area (Å²) in [5.74, 6) is -1.49. The van der Waals surface area contributed by atoms with Crippen LogP contribution in [0.2, 0.25) is 0 Å². The molecule has 0 aromatic carbocycles. The van der Waals surface area contributed by atoms with Gasteiger partial charge in [0.15, 0.2) is 0 Å². The van der Waals surface area contributed by atoms with E-state index in [1.165, 1.54) is 12.2 Å².